The van der Waals surface area contributed by atoms with Crippen molar-refractivity contribution < 1.29 is 0 Å². The van der Waals surface area contributed by atoms with Crippen molar-refractivity contribution in [2.75, 3.05) is 39.8 Å². The summed E-state index contributed by atoms with van der Waals surface area (Å²) in [4.78, 5) is 6.79. The molecule has 0 spiro atoms. The summed E-state index contributed by atoms with van der Waals surface area (Å²) in [5.74, 6) is 0.908. The molecule has 1 aromatic heterocycles. The average Bonchev–Trinajstić information content (AvgIpc) is 3.09. The lowest BCUT2D eigenvalue weighted by Gasteiger charge is -2.18. The molecule has 152 valence electrons. The van der Waals surface area contributed by atoms with E-state index in [2.05, 4.69) is 75.5 Å². The van der Waals surface area contributed by atoms with Crippen LogP contribution in [0, 0.1) is 0 Å². The van der Waals surface area contributed by atoms with E-state index >= 15 is 0 Å². The molecule has 0 saturated carbocycles. The Morgan fingerprint density at radius 3 is 2.41 bits per heavy atom. The summed E-state index contributed by atoms with van der Waals surface area (Å²) >= 11 is 0. The van der Waals surface area contributed by atoms with Gasteiger partial charge in [0, 0.05) is 38.4 Å². The van der Waals surface area contributed by atoms with Crippen molar-refractivity contribution in [3.05, 3.63) is 36.5 Å². The number of hydrogen-bond acceptors (Lipinski definition) is 2. The van der Waals surface area contributed by atoms with Gasteiger partial charge in [0.1, 0.15) is 0 Å². The van der Waals surface area contributed by atoms with Crippen molar-refractivity contribution in [2.24, 2.45) is 4.99 Å². The highest BCUT2D eigenvalue weighted by molar-refractivity contribution is 14.0. The third-order valence-electron chi connectivity index (χ3n) is 4.86. The molecule has 0 unspecified atom stereocenters. The highest BCUT2D eigenvalue weighted by atomic mass is 127. The van der Waals surface area contributed by atoms with Gasteiger partial charge in [-0.05, 0) is 56.4 Å². The minimum Gasteiger partial charge on any atom is -0.356 e. The summed E-state index contributed by atoms with van der Waals surface area (Å²) in [5.41, 5.74) is 1.31. The predicted molar refractivity (Wildman–Crippen MR) is 128 cm³/mol. The first-order valence-electron chi connectivity index (χ1n) is 9.99. The van der Waals surface area contributed by atoms with E-state index in [0.717, 1.165) is 45.1 Å². The number of guanidine groups is 1. The normalized spacial score (nSPS) is 11.6. The lowest BCUT2D eigenvalue weighted by molar-refractivity contribution is 0.297. The van der Waals surface area contributed by atoms with Crippen LogP contribution in [0.3, 0.4) is 0 Å². The maximum absolute atomic E-state index is 4.31. The van der Waals surface area contributed by atoms with Crippen LogP contribution in [-0.4, -0.2) is 55.2 Å². The maximum atomic E-state index is 4.31. The van der Waals surface area contributed by atoms with Gasteiger partial charge in [-0.2, -0.15) is 0 Å². The van der Waals surface area contributed by atoms with Crippen molar-refractivity contribution in [1.82, 2.24) is 20.1 Å². The SMILES string of the molecule is CCN(CC)CCCCNC(=NC)NCCCn1ccc2ccccc21.I. The van der Waals surface area contributed by atoms with Gasteiger partial charge < -0.3 is 20.1 Å². The molecule has 6 heteroatoms. The number of aliphatic imine (C=N–C) groups is 1. The van der Waals surface area contributed by atoms with Crippen LogP contribution in [0.1, 0.15) is 33.1 Å². The Kier molecular flexibility index (Phi) is 12.2. The molecular formula is C21H36IN5. The Labute approximate surface area is 181 Å². The van der Waals surface area contributed by atoms with Crippen LogP contribution in [-0.2, 0) is 6.54 Å². The topological polar surface area (TPSA) is 44.6 Å². The molecule has 0 aliphatic heterocycles. The number of aromatic nitrogens is 1. The van der Waals surface area contributed by atoms with E-state index in [9.17, 15) is 0 Å². The van der Waals surface area contributed by atoms with Crippen molar-refractivity contribution in [3.63, 3.8) is 0 Å². The molecule has 0 aliphatic carbocycles. The van der Waals surface area contributed by atoms with E-state index in [0.29, 0.717) is 0 Å². The highest BCUT2D eigenvalue weighted by Crippen LogP contribution is 2.15. The van der Waals surface area contributed by atoms with Gasteiger partial charge in [0.05, 0.1) is 0 Å². The fraction of sp³-hybridized carbons (Fsp3) is 0.571. The van der Waals surface area contributed by atoms with Gasteiger partial charge in [0.15, 0.2) is 5.96 Å². The van der Waals surface area contributed by atoms with Crippen molar-refractivity contribution in [2.45, 2.75) is 39.7 Å². The fourth-order valence-electron chi connectivity index (χ4n) is 3.22. The molecule has 1 heterocycles. The number of nitrogens with one attached hydrogen (secondary N) is 2. The Hall–Kier alpha value is -1.28. The second-order valence-electron chi connectivity index (χ2n) is 6.58. The molecule has 0 radical (unpaired) electrons. The number of halogens is 1. The molecule has 1 aromatic carbocycles. The lowest BCUT2D eigenvalue weighted by atomic mass is 10.2. The second-order valence-corrected chi connectivity index (χ2v) is 6.58. The van der Waals surface area contributed by atoms with Gasteiger partial charge >= 0.3 is 0 Å². The number of rotatable bonds is 11. The first kappa shape index (κ1) is 23.8. The number of nitrogens with zero attached hydrogens (tertiary/aromatic N) is 3. The summed E-state index contributed by atoms with van der Waals surface area (Å²) in [6.07, 6.45) is 5.65. The third kappa shape index (κ3) is 8.09. The van der Waals surface area contributed by atoms with Gasteiger partial charge in [-0.3, -0.25) is 4.99 Å². The minimum absolute atomic E-state index is 0. The molecule has 0 saturated heterocycles. The molecular weight excluding hydrogens is 449 g/mol. The summed E-state index contributed by atoms with van der Waals surface area (Å²) in [7, 11) is 1.84. The van der Waals surface area contributed by atoms with Crippen LogP contribution < -0.4 is 10.6 Å². The number of benzene rings is 1. The van der Waals surface area contributed by atoms with E-state index in [-0.39, 0.29) is 24.0 Å². The molecule has 0 fully saturated rings. The number of aryl methyl sites for hydroxylation is 1. The van der Waals surface area contributed by atoms with Crippen LogP contribution >= 0.6 is 24.0 Å². The van der Waals surface area contributed by atoms with Gasteiger partial charge in [-0.15, -0.1) is 24.0 Å². The third-order valence-corrected chi connectivity index (χ3v) is 4.86. The largest absolute Gasteiger partial charge is 0.356 e. The second kappa shape index (κ2) is 13.8. The van der Waals surface area contributed by atoms with E-state index in [1.807, 2.05) is 7.05 Å². The van der Waals surface area contributed by atoms with Crippen molar-refractivity contribution >= 4 is 40.8 Å². The molecule has 2 N–H and O–H groups in total. The number of fused-ring (bicyclic) bond motifs is 1. The number of para-hydroxylation sites is 1. The smallest absolute Gasteiger partial charge is 0.190 e. The average molecular weight is 485 g/mol. The zero-order valence-electron chi connectivity index (χ0n) is 17.1. The Morgan fingerprint density at radius 2 is 1.70 bits per heavy atom. The van der Waals surface area contributed by atoms with E-state index in [1.54, 1.807) is 0 Å². The van der Waals surface area contributed by atoms with Crippen molar-refractivity contribution in [1.29, 1.82) is 0 Å². The van der Waals surface area contributed by atoms with Crippen LogP contribution in [0.5, 0.6) is 0 Å². The molecule has 0 bridgehead atoms. The van der Waals surface area contributed by atoms with E-state index < -0.39 is 0 Å². The van der Waals surface area contributed by atoms with E-state index in [1.165, 1.54) is 30.3 Å². The van der Waals surface area contributed by atoms with Gasteiger partial charge in [0.25, 0.3) is 0 Å². The van der Waals surface area contributed by atoms with Crippen molar-refractivity contribution in [3.8, 4) is 0 Å². The van der Waals surface area contributed by atoms with Crippen LogP contribution in [0.4, 0.5) is 0 Å². The molecule has 0 atom stereocenters. The maximum Gasteiger partial charge on any atom is 0.190 e. The molecule has 27 heavy (non-hydrogen) atoms. The first-order valence-corrected chi connectivity index (χ1v) is 9.99. The minimum atomic E-state index is 0. The molecule has 2 aromatic rings. The summed E-state index contributed by atoms with van der Waals surface area (Å²) < 4.78 is 2.32. The predicted octanol–water partition coefficient (Wildman–Crippen LogP) is 3.94. The Morgan fingerprint density at radius 1 is 1.00 bits per heavy atom. The molecule has 5 nitrogen and oxygen atoms in total. The Bertz CT molecular complexity index is 663. The van der Waals surface area contributed by atoms with E-state index in [4.69, 9.17) is 0 Å². The molecule has 0 aliphatic rings. The monoisotopic (exact) mass is 485 g/mol. The van der Waals surface area contributed by atoms with Gasteiger partial charge in [0.2, 0.25) is 0 Å². The van der Waals surface area contributed by atoms with Crippen LogP contribution in [0.15, 0.2) is 41.5 Å². The van der Waals surface area contributed by atoms with Crippen LogP contribution in [0.25, 0.3) is 10.9 Å². The lowest BCUT2D eigenvalue weighted by Crippen LogP contribution is -2.38. The molecule has 2 rings (SSSR count). The zero-order chi connectivity index (χ0) is 18.6. The van der Waals surface area contributed by atoms with Gasteiger partial charge in [-0.1, -0.05) is 32.0 Å². The molecule has 0 amide bonds. The number of hydrogen-bond donors (Lipinski definition) is 2. The summed E-state index contributed by atoms with van der Waals surface area (Å²) in [6, 6.07) is 10.7. The zero-order valence-corrected chi connectivity index (χ0v) is 19.4. The number of unbranched alkanes of at least 4 members (excludes halogenated alkanes) is 1. The quantitative estimate of drug-likeness (QED) is 0.219. The summed E-state index contributed by atoms with van der Waals surface area (Å²) in [5, 5.41) is 8.14. The highest BCUT2D eigenvalue weighted by Gasteiger charge is 2.01. The first-order chi connectivity index (χ1) is 12.8. The standard InChI is InChI=1S/C21H35N5.HI/c1-4-25(5-2)16-9-8-14-23-21(22-3)24-15-10-17-26-18-13-19-11-6-7-12-20(19)26;/h6-7,11-13,18H,4-5,8-10,14-17H2,1-3H3,(H2,22,23,24);1H. The van der Waals surface area contributed by atoms with Gasteiger partial charge in [-0.25, -0.2) is 0 Å². The summed E-state index contributed by atoms with van der Waals surface area (Å²) in [6.45, 7) is 10.8. The Balaban J connectivity index is 0.00000364. The van der Waals surface area contributed by atoms with Crippen LogP contribution in [0.2, 0.25) is 0 Å². The fourth-order valence-corrected chi connectivity index (χ4v) is 3.22.